The average Bonchev–Trinajstić information content (AvgIpc) is 2.62. The highest BCUT2D eigenvalue weighted by Crippen LogP contribution is 2.32. The lowest BCUT2D eigenvalue weighted by Crippen LogP contribution is -2.28. The molecule has 0 radical (unpaired) electrons. The maximum absolute atomic E-state index is 6.12. The molecule has 1 atom stereocenters. The Morgan fingerprint density at radius 2 is 1.83 bits per heavy atom. The van der Waals surface area contributed by atoms with E-state index in [1.54, 1.807) is 7.11 Å². The summed E-state index contributed by atoms with van der Waals surface area (Å²) in [4.78, 5) is 0. The second kappa shape index (κ2) is 9.99. The molecule has 3 nitrogen and oxygen atoms in total. The van der Waals surface area contributed by atoms with Gasteiger partial charge in [-0.1, -0.05) is 49.4 Å². The number of ether oxygens (including phenoxy) is 2. The fourth-order valence-electron chi connectivity index (χ4n) is 2.75. The van der Waals surface area contributed by atoms with Crippen LogP contribution in [0.3, 0.4) is 0 Å². The first-order chi connectivity index (χ1) is 11.7. The van der Waals surface area contributed by atoms with Gasteiger partial charge in [0.1, 0.15) is 0 Å². The summed E-state index contributed by atoms with van der Waals surface area (Å²) in [6.45, 7) is 6.08. The first-order valence-corrected chi connectivity index (χ1v) is 8.80. The second-order valence-electron chi connectivity index (χ2n) is 6.09. The summed E-state index contributed by atoms with van der Waals surface area (Å²) in [6, 6.07) is 16.9. The summed E-state index contributed by atoms with van der Waals surface area (Å²) in [5.41, 5.74) is 2.48. The Hall–Kier alpha value is -2.00. The van der Waals surface area contributed by atoms with Gasteiger partial charge in [0.15, 0.2) is 11.5 Å². The van der Waals surface area contributed by atoms with Crippen molar-refractivity contribution in [2.45, 2.75) is 39.2 Å². The Bertz CT molecular complexity index is 598. The van der Waals surface area contributed by atoms with E-state index in [9.17, 15) is 0 Å². The molecule has 1 N–H and O–H groups in total. The van der Waals surface area contributed by atoms with E-state index < -0.39 is 0 Å². The van der Waals surface area contributed by atoms with Gasteiger partial charge in [-0.15, -0.1) is 0 Å². The van der Waals surface area contributed by atoms with Gasteiger partial charge in [-0.3, -0.25) is 0 Å². The fraction of sp³-hybridized carbons (Fsp3) is 0.429. The maximum Gasteiger partial charge on any atom is 0.164 e. The van der Waals surface area contributed by atoms with Crippen molar-refractivity contribution in [3.63, 3.8) is 0 Å². The molecule has 3 heteroatoms. The monoisotopic (exact) mass is 327 g/mol. The molecule has 2 aromatic rings. The summed E-state index contributed by atoms with van der Waals surface area (Å²) >= 11 is 0. The zero-order valence-corrected chi connectivity index (χ0v) is 15.0. The molecular weight excluding hydrogens is 298 g/mol. The lowest BCUT2D eigenvalue weighted by molar-refractivity contribution is 0.293. The smallest absolute Gasteiger partial charge is 0.164 e. The quantitative estimate of drug-likeness (QED) is 0.708. The molecule has 0 aromatic heterocycles. The van der Waals surface area contributed by atoms with Crippen LogP contribution < -0.4 is 14.8 Å². The number of para-hydroxylation sites is 1. The van der Waals surface area contributed by atoms with Gasteiger partial charge in [0.05, 0.1) is 13.7 Å². The lowest BCUT2D eigenvalue weighted by atomic mass is 10.1. The van der Waals surface area contributed by atoms with Gasteiger partial charge in [-0.2, -0.15) is 0 Å². The zero-order chi connectivity index (χ0) is 17.2. The van der Waals surface area contributed by atoms with Gasteiger partial charge in [-0.05, 0) is 43.5 Å². The van der Waals surface area contributed by atoms with Crippen molar-refractivity contribution in [3.05, 3.63) is 59.7 Å². The first-order valence-electron chi connectivity index (χ1n) is 8.80. The number of benzene rings is 2. The molecule has 0 spiro atoms. The summed E-state index contributed by atoms with van der Waals surface area (Å²) in [5, 5.41) is 3.53. The van der Waals surface area contributed by atoms with Gasteiger partial charge < -0.3 is 14.8 Å². The molecule has 0 aliphatic heterocycles. The molecule has 130 valence electrons. The van der Waals surface area contributed by atoms with Crippen LogP contribution in [-0.2, 0) is 12.8 Å². The Labute approximate surface area is 146 Å². The molecule has 0 saturated heterocycles. The van der Waals surface area contributed by atoms with Crippen LogP contribution in [0.1, 0.15) is 31.4 Å². The molecule has 0 bridgehead atoms. The standard InChI is InChI=1S/C21H29NO2/c1-4-14-22-17(2)16-19-11-8-12-20(23-3)21(19)24-15-13-18-9-6-5-7-10-18/h5-12,17,22H,4,13-16H2,1-3H3. The van der Waals surface area contributed by atoms with Gasteiger partial charge >= 0.3 is 0 Å². The molecule has 24 heavy (non-hydrogen) atoms. The Balaban J connectivity index is 2.02. The highest BCUT2D eigenvalue weighted by atomic mass is 16.5. The Kier molecular flexibility index (Phi) is 7.63. The lowest BCUT2D eigenvalue weighted by Gasteiger charge is -2.18. The third-order valence-corrected chi connectivity index (χ3v) is 4.03. The third-order valence-electron chi connectivity index (χ3n) is 4.03. The van der Waals surface area contributed by atoms with Crippen LogP contribution in [0.2, 0.25) is 0 Å². The van der Waals surface area contributed by atoms with Gasteiger partial charge in [0.2, 0.25) is 0 Å². The van der Waals surface area contributed by atoms with Crippen molar-refractivity contribution in [3.8, 4) is 11.5 Å². The summed E-state index contributed by atoms with van der Waals surface area (Å²) in [6.07, 6.45) is 2.96. The van der Waals surface area contributed by atoms with Crippen LogP contribution in [0.25, 0.3) is 0 Å². The molecule has 2 aromatic carbocycles. The van der Waals surface area contributed by atoms with E-state index in [0.717, 1.165) is 37.3 Å². The minimum atomic E-state index is 0.411. The van der Waals surface area contributed by atoms with Crippen molar-refractivity contribution in [1.29, 1.82) is 0 Å². The number of rotatable bonds is 10. The molecule has 0 aliphatic carbocycles. The van der Waals surface area contributed by atoms with Crippen molar-refractivity contribution in [2.24, 2.45) is 0 Å². The zero-order valence-electron chi connectivity index (χ0n) is 15.0. The number of nitrogens with one attached hydrogen (secondary N) is 1. The largest absolute Gasteiger partial charge is 0.493 e. The molecular formula is C21H29NO2. The van der Waals surface area contributed by atoms with E-state index in [4.69, 9.17) is 9.47 Å². The van der Waals surface area contributed by atoms with E-state index in [1.807, 2.05) is 18.2 Å². The predicted molar refractivity (Wildman–Crippen MR) is 100 cm³/mol. The Morgan fingerprint density at radius 1 is 1.04 bits per heavy atom. The van der Waals surface area contributed by atoms with Gasteiger partial charge in [0.25, 0.3) is 0 Å². The molecule has 0 aliphatic rings. The topological polar surface area (TPSA) is 30.5 Å². The average molecular weight is 327 g/mol. The van der Waals surface area contributed by atoms with E-state index in [2.05, 4.69) is 49.5 Å². The number of hydrogen-bond acceptors (Lipinski definition) is 3. The highest BCUT2D eigenvalue weighted by Gasteiger charge is 2.13. The van der Waals surface area contributed by atoms with E-state index in [-0.39, 0.29) is 0 Å². The number of methoxy groups -OCH3 is 1. The Morgan fingerprint density at radius 3 is 2.54 bits per heavy atom. The molecule has 0 fully saturated rings. The molecule has 2 rings (SSSR count). The molecule has 1 unspecified atom stereocenters. The molecule has 0 amide bonds. The fourth-order valence-corrected chi connectivity index (χ4v) is 2.75. The van der Waals surface area contributed by atoms with Crippen LogP contribution >= 0.6 is 0 Å². The minimum absolute atomic E-state index is 0.411. The van der Waals surface area contributed by atoms with Gasteiger partial charge in [0, 0.05) is 12.5 Å². The van der Waals surface area contributed by atoms with Crippen LogP contribution in [0.5, 0.6) is 11.5 Å². The van der Waals surface area contributed by atoms with E-state index in [1.165, 1.54) is 11.1 Å². The first kappa shape index (κ1) is 18.3. The summed E-state index contributed by atoms with van der Waals surface area (Å²) in [5.74, 6) is 1.68. The van der Waals surface area contributed by atoms with Crippen molar-refractivity contribution in [2.75, 3.05) is 20.3 Å². The SMILES string of the molecule is CCCNC(C)Cc1cccc(OC)c1OCCc1ccccc1. The predicted octanol–water partition coefficient (Wildman–Crippen LogP) is 4.25. The molecule has 0 saturated carbocycles. The minimum Gasteiger partial charge on any atom is -0.493 e. The summed E-state index contributed by atoms with van der Waals surface area (Å²) < 4.78 is 11.6. The van der Waals surface area contributed by atoms with Crippen LogP contribution in [-0.4, -0.2) is 26.3 Å². The van der Waals surface area contributed by atoms with E-state index >= 15 is 0 Å². The second-order valence-corrected chi connectivity index (χ2v) is 6.09. The maximum atomic E-state index is 6.12. The van der Waals surface area contributed by atoms with Crippen molar-refractivity contribution < 1.29 is 9.47 Å². The highest BCUT2D eigenvalue weighted by molar-refractivity contribution is 5.47. The summed E-state index contributed by atoms with van der Waals surface area (Å²) in [7, 11) is 1.70. The van der Waals surface area contributed by atoms with Crippen LogP contribution in [0, 0.1) is 0 Å². The van der Waals surface area contributed by atoms with E-state index in [0.29, 0.717) is 12.6 Å². The van der Waals surface area contributed by atoms with Crippen LogP contribution in [0.4, 0.5) is 0 Å². The van der Waals surface area contributed by atoms with Gasteiger partial charge in [-0.25, -0.2) is 0 Å². The third kappa shape index (κ3) is 5.57. The number of hydrogen-bond donors (Lipinski definition) is 1. The molecule has 0 heterocycles. The van der Waals surface area contributed by atoms with Crippen LogP contribution in [0.15, 0.2) is 48.5 Å². The van der Waals surface area contributed by atoms with Crippen molar-refractivity contribution in [1.82, 2.24) is 5.32 Å². The van der Waals surface area contributed by atoms with Crippen molar-refractivity contribution >= 4 is 0 Å². The normalized spacial score (nSPS) is 12.0.